The fraction of sp³-hybridized carbons (Fsp3) is 0.719. The molecule has 0 aromatic heterocycles. The van der Waals surface area contributed by atoms with Crippen LogP contribution in [0, 0.1) is 0 Å². The monoisotopic (exact) mass is 689 g/mol. The van der Waals surface area contributed by atoms with Gasteiger partial charge in [0.25, 0.3) is 0 Å². The van der Waals surface area contributed by atoms with E-state index >= 15 is 0 Å². The summed E-state index contributed by atoms with van der Waals surface area (Å²) >= 11 is 6.69. The maximum Gasteiger partial charge on any atom is 0.511 e. The molecule has 0 spiro atoms. The van der Waals surface area contributed by atoms with Crippen LogP contribution >= 0.6 is 23.4 Å². The van der Waals surface area contributed by atoms with E-state index in [-0.39, 0.29) is 23.1 Å². The lowest BCUT2D eigenvalue weighted by Gasteiger charge is -2.41. The molecule has 1 aromatic rings. The van der Waals surface area contributed by atoms with E-state index in [0.717, 1.165) is 30.1 Å². The average Bonchev–Trinajstić information content (AvgIpc) is 3.57. The van der Waals surface area contributed by atoms with Crippen LogP contribution in [0.15, 0.2) is 18.2 Å². The molecule has 0 radical (unpaired) electrons. The van der Waals surface area contributed by atoms with Crippen molar-refractivity contribution in [3.05, 3.63) is 23.8 Å². The zero-order valence-corrected chi connectivity index (χ0v) is 29.6. The maximum atomic E-state index is 12.4. The van der Waals surface area contributed by atoms with E-state index in [4.69, 9.17) is 35.3 Å². The summed E-state index contributed by atoms with van der Waals surface area (Å²) in [7, 11) is 0. The Labute approximate surface area is 279 Å². The lowest BCUT2D eigenvalue weighted by molar-refractivity contribution is -0.179. The van der Waals surface area contributed by atoms with Crippen LogP contribution in [0.1, 0.15) is 92.1 Å². The molecule has 3 aliphatic rings. The van der Waals surface area contributed by atoms with E-state index in [2.05, 4.69) is 13.8 Å². The van der Waals surface area contributed by atoms with Gasteiger partial charge in [-0.3, -0.25) is 4.79 Å². The molecule has 1 aromatic carbocycles. The lowest BCUT2D eigenvalue weighted by Crippen LogP contribution is -2.64. The van der Waals surface area contributed by atoms with Crippen molar-refractivity contribution in [2.24, 2.45) is 0 Å². The Bertz CT molecular complexity index is 1140. The molecule has 0 bridgehead atoms. The molecule has 45 heavy (non-hydrogen) atoms. The number of hydrogen-bond acceptors (Lipinski definition) is 10. The van der Waals surface area contributed by atoms with Crippen LogP contribution in [0.3, 0.4) is 0 Å². The summed E-state index contributed by atoms with van der Waals surface area (Å²) in [5.41, 5.74) is 1.17. The zero-order chi connectivity index (χ0) is 33.1. The standard InChI is InChI=1S/C18H28O3S.C14H20ClNO6S/c1-3-4-5-6-7-8-11-22(19)15(2)12-16-9-10-17-18(13-16)21-14-20-17;1-5-6-20-13(19)22-7(2)21-12(18)9-14(3,4)23-11-8(15)10(17)16(9)11/h9-10,13,15H,3-8,11-12,14H2,1-2H3;7-9,11H,5-6H2,1-4H3/t;7?,8-,9+,11-/m.1/s1. The number of carbonyl (C=O) groups excluding carboxylic acids is 3. The number of esters is 1. The molecule has 254 valence electrons. The summed E-state index contributed by atoms with van der Waals surface area (Å²) in [5.74, 6) is 1.54. The normalized spacial score (nSPS) is 22.7. The molecule has 2 saturated heterocycles. The second-order valence-electron chi connectivity index (χ2n) is 11.9. The molecule has 2 fully saturated rings. The number of halogens is 1. The summed E-state index contributed by atoms with van der Waals surface area (Å²) < 4.78 is 37.2. The number of benzene rings is 1. The van der Waals surface area contributed by atoms with Crippen molar-refractivity contribution in [1.82, 2.24) is 4.90 Å². The Balaban J connectivity index is 0.000000246. The first kappa shape index (κ1) is 37.4. The molecular formula is C32H48ClNO9S2. The zero-order valence-electron chi connectivity index (χ0n) is 27.2. The molecule has 10 nitrogen and oxygen atoms in total. The van der Waals surface area contributed by atoms with Gasteiger partial charge in [0.2, 0.25) is 19.0 Å². The number of amides is 1. The number of β-lactam (4-membered cyclic amide) rings is 1. The molecule has 3 unspecified atom stereocenters. The van der Waals surface area contributed by atoms with E-state index < -0.39 is 45.8 Å². The number of carbonyl (C=O) groups is 3. The van der Waals surface area contributed by atoms with Crippen LogP contribution in [0.5, 0.6) is 11.5 Å². The van der Waals surface area contributed by atoms with Crippen LogP contribution < -0.4 is 9.47 Å². The van der Waals surface area contributed by atoms with Crippen molar-refractivity contribution in [1.29, 1.82) is 0 Å². The highest BCUT2D eigenvalue weighted by Crippen LogP contribution is 2.52. The maximum absolute atomic E-state index is 12.4. The van der Waals surface area contributed by atoms with Crippen molar-refractivity contribution in [2.45, 2.75) is 126 Å². The highest BCUT2D eigenvalue weighted by molar-refractivity contribution is 8.01. The number of alkyl halides is 1. The molecule has 0 N–H and O–H groups in total. The van der Waals surface area contributed by atoms with Gasteiger partial charge in [-0.1, -0.05) is 56.8 Å². The Kier molecular flexibility index (Phi) is 14.8. The largest absolute Gasteiger partial charge is 0.616 e. The van der Waals surface area contributed by atoms with Crippen molar-refractivity contribution >= 4 is 52.6 Å². The number of unbranched alkanes of at least 4 members (excludes halogenated alkanes) is 5. The van der Waals surface area contributed by atoms with Crippen LogP contribution in [0.2, 0.25) is 0 Å². The van der Waals surface area contributed by atoms with Crippen LogP contribution in [0.4, 0.5) is 4.79 Å². The van der Waals surface area contributed by atoms with Crippen molar-refractivity contribution in [3.63, 3.8) is 0 Å². The first-order valence-corrected chi connectivity index (χ1v) is 18.5. The first-order chi connectivity index (χ1) is 21.4. The molecule has 3 heterocycles. The molecule has 4 rings (SSSR count). The Morgan fingerprint density at radius 2 is 1.78 bits per heavy atom. The van der Waals surface area contributed by atoms with Gasteiger partial charge in [-0.15, -0.1) is 23.4 Å². The average molecular weight is 690 g/mol. The smallest absolute Gasteiger partial charge is 0.511 e. The van der Waals surface area contributed by atoms with Crippen molar-refractivity contribution in [2.75, 3.05) is 19.2 Å². The Hall–Kier alpha value is -2.02. The number of hydrogen-bond donors (Lipinski definition) is 0. The SMILES string of the molecule is CCCCCCCC[S+]([O-])C(C)Cc1ccc2c(c1)OCO2.CCCOC(=O)OC(C)OC(=O)[C@@H]1N2C(=O)[C@@H](Cl)[C@H]2SC1(C)C. The molecule has 13 heteroatoms. The molecular weight excluding hydrogens is 642 g/mol. The minimum absolute atomic E-state index is 0.191. The number of rotatable bonds is 15. The van der Waals surface area contributed by atoms with Gasteiger partial charge in [0.15, 0.2) is 11.5 Å². The molecule has 1 amide bonds. The second kappa shape index (κ2) is 17.8. The number of fused-ring (bicyclic) bond motifs is 2. The fourth-order valence-corrected chi connectivity index (χ4v) is 8.47. The van der Waals surface area contributed by atoms with Crippen LogP contribution in [0.25, 0.3) is 0 Å². The highest BCUT2D eigenvalue weighted by Gasteiger charge is 2.63. The van der Waals surface area contributed by atoms with Gasteiger partial charge in [-0.05, 0) is 57.7 Å². The van der Waals surface area contributed by atoms with Gasteiger partial charge in [-0.2, -0.15) is 0 Å². The van der Waals surface area contributed by atoms with Crippen molar-refractivity contribution in [3.8, 4) is 11.5 Å². The first-order valence-electron chi connectivity index (χ1n) is 15.8. The quantitative estimate of drug-likeness (QED) is 0.0499. The fourth-order valence-electron chi connectivity index (χ4n) is 5.27. The van der Waals surface area contributed by atoms with Gasteiger partial charge in [0, 0.05) is 18.1 Å². The number of thioether (sulfide) groups is 1. The van der Waals surface area contributed by atoms with E-state index in [9.17, 15) is 18.9 Å². The van der Waals surface area contributed by atoms with Gasteiger partial charge >= 0.3 is 12.1 Å². The van der Waals surface area contributed by atoms with E-state index in [1.54, 1.807) is 0 Å². The van der Waals surface area contributed by atoms with Gasteiger partial charge in [0.05, 0.1) is 6.61 Å². The summed E-state index contributed by atoms with van der Waals surface area (Å²) in [5, 5.41) is -0.659. The van der Waals surface area contributed by atoms with Crippen molar-refractivity contribution < 1.29 is 42.6 Å². The van der Waals surface area contributed by atoms with Crippen LogP contribution in [-0.4, -0.2) is 79.7 Å². The lowest BCUT2D eigenvalue weighted by atomic mass is 9.98. The third kappa shape index (κ3) is 10.5. The van der Waals surface area contributed by atoms with Gasteiger partial charge in [0.1, 0.15) is 27.8 Å². The summed E-state index contributed by atoms with van der Waals surface area (Å²) in [6, 6.07) is 5.24. The summed E-state index contributed by atoms with van der Waals surface area (Å²) in [6.07, 6.45) is 6.98. The highest BCUT2D eigenvalue weighted by atomic mass is 35.5. The summed E-state index contributed by atoms with van der Waals surface area (Å²) in [4.78, 5) is 37.1. The minimum atomic E-state index is -1.10. The van der Waals surface area contributed by atoms with E-state index in [1.807, 2.05) is 39.0 Å². The third-order valence-electron chi connectivity index (χ3n) is 7.68. The topological polar surface area (TPSA) is 124 Å². The molecule has 0 aliphatic carbocycles. The predicted molar refractivity (Wildman–Crippen MR) is 176 cm³/mol. The van der Waals surface area contributed by atoms with Crippen LogP contribution in [-0.2, 0) is 41.4 Å². The Morgan fingerprint density at radius 1 is 1.09 bits per heavy atom. The van der Waals surface area contributed by atoms with E-state index in [1.165, 1.54) is 61.3 Å². The second-order valence-corrected chi connectivity index (χ2v) is 16.2. The number of ether oxygens (including phenoxy) is 5. The third-order valence-corrected chi connectivity index (χ3v) is 11.6. The van der Waals surface area contributed by atoms with E-state index in [0.29, 0.717) is 13.2 Å². The molecule has 3 aliphatic heterocycles. The van der Waals surface area contributed by atoms with Gasteiger partial charge in [-0.25, -0.2) is 9.59 Å². The predicted octanol–water partition coefficient (Wildman–Crippen LogP) is 6.56. The van der Waals surface area contributed by atoms with Gasteiger partial charge < -0.3 is 33.1 Å². The molecule has 6 atom stereocenters. The summed E-state index contributed by atoms with van der Waals surface area (Å²) in [6.45, 7) is 11.8. The Morgan fingerprint density at radius 3 is 2.49 bits per heavy atom. The minimum Gasteiger partial charge on any atom is -0.616 e. The molecule has 0 saturated carbocycles. The number of nitrogens with zero attached hydrogens (tertiary/aromatic N) is 1.